The summed E-state index contributed by atoms with van der Waals surface area (Å²) in [6, 6.07) is 0. The molecular weight excluding hydrogens is 256 g/mol. The van der Waals surface area contributed by atoms with Crippen LogP contribution in [0.25, 0.3) is 0 Å². The number of carboxylic acids is 1. The minimum atomic E-state index is -0.731. The molecule has 0 aromatic carbocycles. The van der Waals surface area contributed by atoms with E-state index in [4.69, 9.17) is 5.11 Å². The van der Waals surface area contributed by atoms with Crippen molar-refractivity contribution in [2.24, 2.45) is 11.3 Å². The van der Waals surface area contributed by atoms with E-state index in [0.29, 0.717) is 37.9 Å². The van der Waals surface area contributed by atoms with Gasteiger partial charge in [0.05, 0.1) is 12.5 Å². The van der Waals surface area contributed by atoms with E-state index in [0.717, 1.165) is 6.54 Å². The third-order valence-electron chi connectivity index (χ3n) is 5.14. The lowest BCUT2D eigenvalue weighted by molar-refractivity contribution is -0.145. The van der Waals surface area contributed by atoms with Crippen molar-refractivity contribution in [3.63, 3.8) is 0 Å². The Balaban J connectivity index is 1.67. The minimum Gasteiger partial charge on any atom is -0.481 e. The monoisotopic (exact) mass is 282 g/mol. The second kappa shape index (κ2) is 6.57. The van der Waals surface area contributed by atoms with E-state index in [2.05, 4.69) is 12.2 Å². The van der Waals surface area contributed by atoms with Crippen molar-refractivity contribution in [2.45, 2.75) is 45.4 Å². The second-order valence-electron chi connectivity index (χ2n) is 6.30. The van der Waals surface area contributed by atoms with Crippen LogP contribution in [0.2, 0.25) is 0 Å². The number of carboxylic acid groups (broad SMARTS) is 1. The third-order valence-corrected chi connectivity index (χ3v) is 5.14. The van der Waals surface area contributed by atoms with Crippen LogP contribution in [0.15, 0.2) is 0 Å². The topological polar surface area (TPSA) is 69.6 Å². The van der Waals surface area contributed by atoms with Gasteiger partial charge in [-0.1, -0.05) is 13.3 Å². The van der Waals surface area contributed by atoms with Crippen molar-refractivity contribution >= 4 is 11.9 Å². The van der Waals surface area contributed by atoms with E-state index in [1.165, 1.54) is 25.7 Å². The molecule has 0 atom stereocenters. The van der Waals surface area contributed by atoms with Gasteiger partial charge < -0.3 is 15.3 Å². The summed E-state index contributed by atoms with van der Waals surface area (Å²) in [4.78, 5) is 24.7. The number of nitrogens with one attached hydrogen (secondary N) is 1. The highest BCUT2D eigenvalue weighted by Gasteiger charge is 2.34. The van der Waals surface area contributed by atoms with E-state index >= 15 is 0 Å². The van der Waals surface area contributed by atoms with Gasteiger partial charge in [0.1, 0.15) is 0 Å². The molecule has 2 rings (SSSR count). The van der Waals surface area contributed by atoms with Crippen LogP contribution in [-0.4, -0.2) is 48.1 Å². The molecule has 1 saturated heterocycles. The Labute approximate surface area is 120 Å². The van der Waals surface area contributed by atoms with Gasteiger partial charge in [0, 0.05) is 19.6 Å². The predicted octanol–water partition coefficient (Wildman–Crippen LogP) is 1.48. The highest BCUT2D eigenvalue weighted by atomic mass is 16.4. The van der Waals surface area contributed by atoms with Crippen molar-refractivity contribution in [2.75, 3.05) is 26.2 Å². The molecule has 2 N–H and O–H groups in total. The normalized spacial score (nSPS) is 22.4. The zero-order chi connectivity index (χ0) is 14.6. The van der Waals surface area contributed by atoms with Crippen molar-refractivity contribution in [1.29, 1.82) is 0 Å². The van der Waals surface area contributed by atoms with E-state index in [-0.39, 0.29) is 11.8 Å². The molecule has 0 radical (unpaired) electrons. The largest absolute Gasteiger partial charge is 0.481 e. The van der Waals surface area contributed by atoms with Crippen molar-refractivity contribution in [3.05, 3.63) is 0 Å². The van der Waals surface area contributed by atoms with E-state index in [9.17, 15) is 9.59 Å². The Morgan fingerprint density at radius 2 is 1.95 bits per heavy atom. The molecule has 2 aliphatic rings. The number of piperidine rings is 1. The Kier molecular flexibility index (Phi) is 5.02. The smallest absolute Gasteiger partial charge is 0.306 e. The fraction of sp³-hybridized carbons (Fsp3) is 0.867. The van der Waals surface area contributed by atoms with Crippen LogP contribution >= 0.6 is 0 Å². The Bertz CT molecular complexity index is 353. The summed E-state index contributed by atoms with van der Waals surface area (Å²) in [5, 5.41) is 12.2. The van der Waals surface area contributed by atoms with Crippen molar-refractivity contribution in [3.8, 4) is 0 Å². The quantitative estimate of drug-likeness (QED) is 0.774. The first kappa shape index (κ1) is 15.3. The van der Waals surface area contributed by atoms with E-state index in [1.807, 2.05) is 0 Å². The van der Waals surface area contributed by atoms with Gasteiger partial charge in [-0.25, -0.2) is 0 Å². The maximum atomic E-state index is 12.1. The lowest BCUT2D eigenvalue weighted by Gasteiger charge is -2.41. The molecule has 0 spiro atoms. The maximum absolute atomic E-state index is 12.1. The van der Waals surface area contributed by atoms with E-state index in [1.54, 1.807) is 4.90 Å². The summed E-state index contributed by atoms with van der Waals surface area (Å²) in [6.45, 7) is 4.70. The molecule has 0 unspecified atom stereocenters. The highest BCUT2D eigenvalue weighted by molar-refractivity contribution is 5.78. The zero-order valence-electron chi connectivity index (χ0n) is 12.4. The Morgan fingerprint density at radius 3 is 2.40 bits per heavy atom. The molecule has 0 aromatic rings. The maximum Gasteiger partial charge on any atom is 0.306 e. The van der Waals surface area contributed by atoms with E-state index < -0.39 is 5.97 Å². The lowest BCUT2D eigenvalue weighted by atomic mass is 9.67. The molecule has 1 aliphatic heterocycles. The molecule has 0 aromatic heterocycles. The Hall–Kier alpha value is -1.10. The first-order chi connectivity index (χ1) is 9.56. The van der Waals surface area contributed by atoms with Crippen molar-refractivity contribution in [1.82, 2.24) is 10.2 Å². The second-order valence-corrected chi connectivity index (χ2v) is 6.30. The first-order valence-electron chi connectivity index (χ1n) is 7.78. The molecule has 1 heterocycles. The van der Waals surface area contributed by atoms with Crippen LogP contribution in [0.5, 0.6) is 0 Å². The summed E-state index contributed by atoms with van der Waals surface area (Å²) in [5.74, 6) is -0.894. The average molecular weight is 282 g/mol. The van der Waals surface area contributed by atoms with Crippen LogP contribution < -0.4 is 5.32 Å². The zero-order valence-corrected chi connectivity index (χ0v) is 12.4. The highest BCUT2D eigenvalue weighted by Crippen LogP contribution is 2.42. The summed E-state index contributed by atoms with van der Waals surface area (Å²) >= 11 is 0. The first-order valence-corrected chi connectivity index (χ1v) is 7.78. The van der Waals surface area contributed by atoms with Gasteiger partial charge in [-0.2, -0.15) is 0 Å². The van der Waals surface area contributed by atoms with Gasteiger partial charge in [-0.15, -0.1) is 0 Å². The van der Waals surface area contributed by atoms with Crippen LogP contribution in [-0.2, 0) is 9.59 Å². The van der Waals surface area contributed by atoms with Gasteiger partial charge in [0.2, 0.25) is 5.91 Å². The number of hydrogen-bond donors (Lipinski definition) is 2. The van der Waals surface area contributed by atoms with Gasteiger partial charge in [0.25, 0.3) is 0 Å². The molecule has 5 nitrogen and oxygen atoms in total. The third kappa shape index (κ3) is 3.51. The lowest BCUT2D eigenvalue weighted by Crippen LogP contribution is -2.46. The van der Waals surface area contributed by atoms with Crippen LogP contribution in [0.4, 0.5) is 0 Å². The SMILES string of the molecule is CCC1(CNCC(=O)N2CCC(C(=O)O)CC2)CCC1. The number of amides is 1. The van der Waals surface area contributed by atoms with Crippen LogP contribution in [0, 0.1) is 11.3 Å². The molecule has 1 aliphatic carbocycles. The van der Waals surface area contributed by atoms with Crippen LogP contribution in [0.3, 0.4) is 0 Å². The molecule has 1 saturated carbocycles. The van der Waals surface area contributed by atoms with Gasteiger partial charge >= 0.3 is 5.97 Å². The summed E-state index contributed by atoms with van der Waals surface area (Å²) < 4.78 is 0. The number of aliphatic carboxylic acids is 1. The summed E-state index contributed by atoms with van der Waals surface area (Å²) in [7, 11) is 0. The van der Waals surface area contributed by atoms with Gasteiger partial charge in [0.15, 0.2) is 0 Å². The molecule has 114 valence electrons. The number of nitrogens with zero attached hydrogens (tertiary/aromatic N) is 1. The fourth-order valence-corrected chi connectivity index (χ4v) is 3.25. The van der Waals surface area contributed by atoms with Gasteiger partial charge in [-0.05, 0) is 37.5 Å². The molecule has 2 fully saturated rings. The summed E-state index contributed by atoms with van der Waals surface area (Å²) in [6.07, 6.45) is 6.20. The molecule has 1 amide bonds. The minimum absolute atomic E-state index is 0.111. The molecule has 20 heavy (non-hydrogen) atoms. The number of carbonyl (C=O) groups excluding carboxylic acids is 1. The fourth-order valence-electron chi connectivity index (χ4n) is 3.25. The molecular formula is C15H26N2O3. The van der Waals surface area contributed by atoms with Crippen molar-refractivity contribution < 1.29 is 14.7 Å². The standard InChI is InChI=1S/C15H26N2O3/c1-2-15(6-3-7-15)11-16-10-13(18)17-8-4-12(5-9-17)14(19)20/h12,16H,2-11H2,1H3,(H,19,20). The number of likely N-dealkylation sites (tertiary alicyclic amines) is 1. The number of rotatable bonds is 6. The predicted molar refractivity (Wildman–Crippen MR) is 76.4 cm³/mol. The molecule has 0 bridgehead atoms. The summed E-state index contributed by atoms with van der Waals surface area (Å²) in [5.41, 5.74) is 0.427. The average Bonchev–Trinajstić information content (AvgIpc) is 2.41. The Morgan fingerprint density at radius 1 is 1.30 bits per heavy atom. The number of carbonyl (C=O) groups is 2. The number of hydrogen-bond acceptors (Lipinski definition) is 3. The van der Waals surface area contributed by atoms with Gasteiger partial charge in [-0.3, -0.25) is 9.59 Å². The van der Waals surface area contributed by atoms with Crippen LogP contribution in [0.1, 0.15) is 45.4 Å². The molecule has 5 heteroatoms.